The lowest BCUT2D eigenvalue weighted by molar-refractivity contribution is -0.669. The molecule has 1 aliphatic heterocycles. The largest absolute Gasteiger partial charge is 0.438 e. The Hall–Kier alpha value is -3.73. The van der Waals surface area contributed by atoms with Crippen LogP contribution in [0.4, 0.5) is 10.1 Å². The van der Waals surface area contributed by atoms with Crippen LogP contribution in [0.25, 0.3) is 32.9 Å². The third kappa shape index (κ3) is 5.22. The fourth-order valence-corrected chi connectivity index (χ4v) is 6.71. The number of unbranched alkanes of at least 4 members (excludes halogenated alkanes) is 1. The molecule has 206 valence electrons. The molecule has 3 heterocycles. The molecule has 10 heteroatoms. The van der Waals surface area contributed by atoms with Gasteiger partial charge in [0.2, 0.25) is 11.4 Å². The Kier molecular flexibility index (Phi) is 7.07. The first-order valence-corrected chi connectivity index (χ1v) is 15.7. The number of thiazole rings is 1. The van der Waals surface area contributed by atoms with Gasteiger partial charge in [-0.15, -0.1) is 0 Å². The summed E-state index contributed by atoms with van der Waals surface area (Å²) in [6.07, 6.45) is 6.11. The number of benzene rings is 3. The van der Waals surface area contributed by atoms with E-state index in [0.717, 1.165) is 56.9 Å². The van der Waals surface area contributed by atoms with Gasteiger partial charge in [-0.1, -0.05) is 42.9 Å². The van der Waals surface area contributed by atoms with Gasteiger partial charge in [0.25, 0.3) is 15.1 Å². The van der Waals surface area contributed by atoms with Crippen LogP contribution in [0.2, 0.25) is 0 Å². The van der Waals surface area contributed by atoms with Crippen molar-refractivity contribution in [3.8, 4) is 11.4 Å². The van der Waals surface area contributed by atoms with E-state index in [9.17, 15) is 17.4 Å². The van der Waals surface area contributed by atoms with Gasteiger partial charge < -0.3 is 14.2 Å². The topological polar surface area (TPSA) is 75.7 Å². The zero-order valence-corrected chi connectivity index (χ0v) is 23.6. The number of rotatable bonds is 9. The molecule has 1 aliphatic rings. The van der Waals surface area contributed by atoms with E-state index in [1.165, 1.54) is 6.07 Å². The van der Waals surface area contributed by atoms with Crippen molar-refractivity contribution < 1.29 is 26.7 Å². The zero-order chi connectivity index (χ0) is 27.9. The molecule has 6 rings (SSSR count). The van der Waals surface area contributed by atoms with Crippen molar-refractivity contribution in [1.82, 2.24) is 4.57 Å². The molecule has 3 aromatic carbocycles. The molecule has 0 saturated heterocycles. The number of anilines is 1. The summed E-state index contributed by atoms with van der Waals surface area (Å²) in [6.45, 7) is 3.18. The molecule has 7 nitrogen and oxygen atoms in total. The van der Waals surface area contributed by atoms with Gasteiger partial charge in [-0.2, -0.15) is 13.0 Å². The van der Waals surface area contributed by atoms with Gasteiger partial charge in [0, 0.05) is 30.9 Å². The second kappa shape index (κ2) is 10.7. The minimum Gasteiger partial charge on any atom is -0.438 e. The van der Waals surface area contributed by atoms with Crippen molar-refractivity contribution in [3.05, 3.63) is 89.6 Å². The number of aromatic nitrogens is 2. The van der Waals surface area contributed by atoms with Gasteiger partial charge in [0.1, 0.15) is 10.5 Å². The summed E-state index contributed by atoms with van der Waals surface area (Å²) in [4.78, 5) is 1.95. The summed E-state index contributed by atoms with van der Waals surface area (Å²) < 4.78 is 58.0. The van der Waals surface area contributed by atoms with Gasteiger partial charge in [0.05, 0.1) is 23.0 Å². The minimum atomic E-state index is -4.10. The molecule has 0 fully saturated rings. The van der Waals surface area contributed by atoms with E-state index in [4.69, 9.17) is 4.74 Å². The highest BCUT2D eigenvalue weighted by Crippen LogP contribution is 2.42. The van der Waals surface area contributed by atoms with Crippen LogP contribution < -0.4 is 14.2 Å². The molecule has 1 N–H and O–H groups in total. The minimum absolute atomic E-state index is 0.211. The Labute approximate surface area is 236 Å². The fourth-order valence-electron chi connectivity index (χ4n) is 5.12. The van der Waals surface area contributed by atoms with Crippen LogP contribution in [-0.2, 0) is 16.7 Å². The van der Waals surface area contributed by atoms with Crippen molar-refractivity contribution in [2.45, 2.75) is 32.7 Å². The highest BCUT2D eigenvalue weighted by molar-refractivity contribution is 7.85. The second-order valence-electron chi connectivity index (χ2n) is 9.83. The molecule has 0 saturated carbocycles. The van der Waals surface area contributed by atoms with Gasteiger partial charge in [-0.05, 0) is 54.3 Å². The lowest BCUT2D eigenvalue weighted by atomic mass is 10.2. The summed E-state index contributed by atoms with van der Waals surface area (Å²) in [7, 11) is -4.10. The number of nitrogens with zero attached hydrogens (tertiary/aromatic N) is 3. The Morgan fingerprint density at radius 1 is 1.07 bits per heavy atom. The molecule has 5 aromatic rings. The zero-order valence-electron chi connectivity index (χ0n) is 22.0. The quantitative estimate of drug-likeness (QED) is 0.159. The molecular weight excluding hydrogens is 549 g/mol. The first kappa shape index (κ1) is 26.5. The smallest absolute Gasteiger partial charge is 0.268 e. The van der Waals surface area contributed by atoms with Crippen molar-refractivity contribution >= 4 is 54.3 Å². The lowest BCUT2D eigenvalue weighted by Crippen LogP contribution is -2.35. The van der Waals surface area contributed by atoms with E-state index in [1.54, 1.807) is 23.5 Å². The van der Waals surface area contributed by atoms with Crippen LogP contribution in [0.3, 0.4) is 0 Å². The third-order valence-electron chi connectivity index (χ3n) is 7.05. The standard InChI is InChI=1S/C30H28FN3O4S2/c1-2-3-14-34-26-18-22(31)9-12-28(26)39-30(34)20-29-33(15-6-17-40(35,36)37)25-19-23(10-11-27(25)38-29)32-16-13-21-7-4-5-8-24(21)32/h4-5,7-13,16,18-20H,2-3,6,14-15,17H2,1H3/p+1. The van der Waals surface area contributed by atoms with Crippen LogP contribution in [0.15, 0.2) is 78.8 Å². The summed E-state index contributed by atoms with van der Waals surface area (Å²) >= 11 is 1.55. The van der Waals surface area contributed by atoms with Crippen molar-refractivity contribution in [2.75, 3.05) is 17.2 Å². The molecule has 0 aliphatic carbocycles. The molecule has 0 radical (unpaired) electrons. The monoisotopic (exact) mass is 578 g/mol. The first-order valence-electron chi connectivity index (χ1n) is 13.3. The molecule has 0 spiro atoms. The van der Waals surface area contributed by atoms with Crippen molar-refractivity contribution in [3.63, 3.8) is 0 Å². The van der Waals surface area contributed by atoms with E-state index in [0.29, 0.717) is 18.2 Å². The Bertz CT molecular complexity index is 1860. The highest BCUT2D eigenvalue weighted by atomic mass is 32.2. The van der Waals surface area contributed by atoms with Gasteiger partial charge in [-0.25, -0.2) is 4.39 Å². The summed E-state index contributed by atoms with van der Waals surface area (Å²) in [5.74, 6) is 0.575. The van der Waals surface area contributed by atoms with Crippen LogP contribution in [0.1, 0.15) is 31.2 Å². The van der Waals surface area contributed by atoms with E-state index < -0.39 is 10.1 Å². The molecule has 2 aromatic heterocycles. The lowest BCUT2D eigenvalue weighted by Gasteiger charge is -2.18. The summed E-state index contributed by atoms with van der Waals surface area (Å²) in [6, 6.07) is 21.0. The summed E-state index contributed by atoms with van der Waals surface area (Å²) in [5, 5.41) is 2.04. The number of hydrogen-bond donors (Lipinski definition) is 1. The molecule has 0 bridgehead atoms. The van der Waals surface area contributed by atoms with Crippen LogP contribution in [-0.4, -0.2) is 29.8 Å². The van der Waals surface area contributed by atoms with Gasteiger partial charge in [0.15, 0.2) is 12.3 Å². The number of ether oxygens (including phenoxy) is 1. The van der Waals surface area contributed by atoms with Gasteiger partial charge in [-0.3, -0.25) is 4.55 Å². The molecular formula is C30H29FN3O4S2+. The number of halogens is 1. The number of aryl methyl sites for hydroxylation is 1. The van der Waals surface area contributed by atoms with Crippen LogP contribution in [0, 0.1) is 5.82 Å². The average Bonchev–Trinajstić information content (AvgIpc) is 3.60. The fraction of sp³-hybridized carbons (Fsp3) is 0.233. The Morgan fingerprint density at radius 3 is 2.75 bits per heavy atom. The predicted molar refractivity (Wildman–Crippen MR) is 157 cm³/mol. The maximum Gasteiger partial charge on any atom is 0.268 e. The van der Waals surface area contributed by atoms with Crippen molar-refractivity contribution in [1.29, 1.82) is 0 Å². The molecule has 0 unspecified atom stereocenters. The molecule has 40 heavy (non-hydrogen) atoms. The molecule has 0 atom stereocenters. The average molecular weight is 579 g/mol. The van der Waals surface area contributed by atoms with Crippen LogP contribution >= 0.6 is 11.3 Å². The number of hydrogen-bond acceptors (Lipinski definition) is 5. The first-order chi connectivity index (χ1) is 19.3. The van der Waals surface area contributed by atoms with E-state index in [1.807, 2.05) is 47.5 Å². The predicted octanol–water partition coefficient (Wildman–Crippen LogP) is 6.55. The normalized spacial score (nSPS) is 14.4. The van der Waals surface area contributed by atoms with Crippen LogP contribution in [0.5, 0.6) is 5.75 Å². The van der Waals surface area contributed by atoms with Crippen molar-refractivity contribution in [2.24, 2.45) is 0 Å². The Balaban J connectivity index is 1.43. The second-order valence-corrected chi connectivity index (χ2v) is 12.5. The molecule has 0 amide bonds. The Morgan fingerprint density at radius 2 is 1.93 bits per heavy atom. The SMILES string of the molecule is CCCC[n+]1c(/C=C2\Oc3ccc(-n4ccc5ccccc54)cc3N2CCCS(=O)(=O)O)sc2ccc(F)cc21. The van der Waals surface area contributed by atoms with E-state index >= 15 is 0 Å². The van der Waals surface area contributed by atoms with E-state index in [-0.39, 0.29) is 18.0 Å². The summed E-state index contributed by atoms with van der Waals surface area (Å²) in [5.41, 5.74) is 3.66. The van der Waals surface area contributed by atoms with Gasteiger partial charge >= 0.3 is 0 Å². The maximum atomic E-state index is 14.2. The highest BCUT2D eigenvalue weighted by Gasteiger charge is 2.30. The maximum absolute atomic E-state index is 14.2. The number of para-hydroxylation sites is 1. The number of fused-ring (bicyclic) bond motifs is 3. The third-order valence-corrected chi connectivity index (χ3v) is 8.97. The van der Waals surface area contributed by atoms with E-state index in [2.05, 4.69) is 34.3 Å².